The van der Waals surface area contributed by atoms with Gasteiger partial charge in [0.1, 0.15) is 5.82 Å². The predicted molar refractivity (Wildman–Crippen MR) is 77.2 cm³/mol. The summed E-state index contributed by atoms with van der Waals surface area (Å²) in [5.74, 6) is -0.00287. The summed E-state index contributed by atoms with van der Waals surface area (Å²) in [6.45, 7) is 0. The molecule has 3 aromatic rings. The average Bonchev–Trinajstić information content (AvgIpc) is 2.84. The molecule has 1 aromatic carbocycles. The average molecular weight is 330 g/mol. The first-order chi connectivity index (χ1) is 9.91. The van der Waals surface area contributed by atoms with Crippen molar-refractivity contribution in [1.29, 1.82) is 0 Å². The lowest BCUT2D eigenvalue weighted by Crippen LogP contribution is -2.10. The molecular formula is C13H7ClF3N3S. The third-order valence-corrected chi connectivity index (χ3v) is 3.78. The molecule has 2 heterocycles. The van der Waals surface area contributed by atoms with Crippen LogP contribution in [0.5, 0.6) is 0 Å². The number of anilines is 2. The molecular weight excluding hydrogens is 323 g/mol. The SMILES string of the molecule is FC(F)(F)c1cc(Nc2ccc3sccc3c2)nc(Cl)n1. The molecule has 8 heteroatoms. The second-order valence-electron chi connectivity index (χ2n) is 4.20. The van der Waals surface area contributed by atoms with Gasteiger partial charge in [0.2, 0.25) is 5.28 Å². The first-order valence-corrected chi connectivity index (χ1v) is 7.04. The molecule has 0 aliphatic heterocycles. The van der Waals surface area contributed by atoms with Gasteiger partial charge in [-0.3, -0.25) is 0 Å². The van der Waals surface area contributed by atoms with Crippen molar-refractivity contribution in [3.8, 4) is 0 Å². The van der Waals surface area contributed by atoms with Crippen LogP contribution in [-0.2, 0) is 6.18 Å². The molecule has 108 valence electrons. The van der Waals surface area contributed by atoms with Crippen LogP contribution in [0.4, 0.5) is 24.7 Å². The van der Waals surface area contributed by atoms with Crippen LogP contribution in [-0.4, -0.2) is 9.97 Å². The largest absolute Gasteiger partial charge is 0.433 e. The first-order valence-electron chi connectivity index (χ1n) is 5.78. The summed E-state index contributed by atoms with van der Waals surface area (Å²) in [7, 11) is 0. The Kier molecular flexibility index (Phi) is 3.46. The zero-order chi connectivity index (χ0) is 15.0. The molecule has 1 N–H and O–H groups in total. The molecule has 0 saturated carbocycles. The zero-order valence-corrected chi connectivity index (χ0v) is 11.9. The Balaban J connectivity index is 1.95. The van der Waals surface area contributed by atoms with Crippen LogP contribution in [0.25, 0.3) is 10.1 Å². The van der Waals surface area contributed by atoms with Gasteiger partial charge in [0.15, 0.2) is 5.69 Å². The predicted octanol–water partition coefficient (Wildman–Crippen LogP) is 5.11. The number of nitrogens with one attached hydrogen (secondary N) is 1. The smallest absolute Gasteiger partial charge is 0.340 e. The Hall–Kier alpha value is -1.86. The summed E-state index contributed by atoms with van der Waals surface area (Å²) in [4.78, 5) is 6.94. The third kappa shape index (κ3) is 3.08. The number of rotatable bonds is 2. The van der Waals surface area contributed by atoms with Crippen molar-refractivity contribution in [3.05, 3.63) is 46.7 Å². The Morgan fingerprint density at radius 1 is 1.10 bits per heavy atom. The van der Waals surface area contributed by atoms with Gasteiger partial charge in [-0.15, -0.1) is 11.3 Å². The number of hydrogen-bond donors (Lipinski definition) is 1. The minimum absolute atomic E-state index is 0.00287. The van der Waals surface area contributed by atoms with Gasteiger partial charge >= 0.3 is 6.18 Å². The highest BCUT2D eigenvalue weighted by Crippen LogP contribution is 2.31. The summed E-state index contributed by atoms with van der Waals surface area (Å²) >= 11 is 7.13. The van der Waals surface area contributed by atoms with Crippen LogP contribution >= 0.6 is 22.9 Å². The van der Waals surface area contributed by atoms with Crippen LogP contribution in [0.15, 0.2) is 35.7 Å². The van der Waals surface area contributed by atoms with E-state index in [4.69, 9.17) is 11.6 Å². The third-order valence-electron chi connectivity index (χ3n) is 2.71. The maximum absolute atomic E-state index is 12.7. The molecule has 0 unspecified atom stereocenters. The van der Waals surface area contributed by atoms with E-state index in [1.165, 1.54) is 0 Å². The molecule has 0 amide bonds. The van der Waals surface area contributed by atoms with Gasteiger partial charge in [0.05, 0.1) is 0 Å². The number of fused-ring (bicyclic) bond motifs is 1. The minimum Gasteiger partial charge on any atom is -0.340 e. The molecule has 21 heavy (non-hydrogen) atoms. The Morgan fingerprint density at radius 2 is 1.90 bits per heavy atom. The molecule has 3 rings (SSSR count). The standard InChI is InChI=1S/C13H7ClF3N3S/c14-12-19-10(13(15,16)17)6-11(20-12)18-8-1-2-9-7(5-8)3-4-21-9/h1-6H,(H,18,19,20). The summed E-state index contributed by atoms with van der Waals surface area (Å²) in [5.41, 5.74) is -0.453. The van der Waals surface area contributed by atoms with Gasteiger partial charge in [0, 0.05) is 16.5 Å². The Labute approximate surface area is 126 Å². The van der Waals surface area contributed by atoms with Crippen molar-refractivity contribution in [3.63, 3.8) is 0 Å². The molecule has 2 aromatic heterocycles. The van der Waals surface area contributed by atoms with Gasteiger partial charge in [-0.05, 0) is 46.6 Å². The molecule has 0 fully saturated rings. The van der Waals surface area contributed by atoms with Crippen molar-refractivity contribution in [1.82, 2.24) is 9.97 Å². The normalized spacial score (nSPS) is 11.8. The van der Waals surface area contributed by atoms with E-state index in [1.54, 1.807) is 17.4 Å². The van der Waals surface area contributed by atoms with Gasteiger partial charge in [-0.25, -0.2) is 9.97 Å². The zero-order valence-electron chi connectivity index (χ0n) is 10.3. The van der Waals surface area contributed by atoms with Crippen LogP contribution in [0.3, 0.4) is 0 Å². The fourth-order valence-corrected chi connectivity index (χ4v) is 2.77. The van der Waals surface area contributed by atoms with Crippen LogP contribution < -0.4 is 5.32 Å². The van der Waals surface area contributed by atoms with Crippen LogP contribution in [0.2, 0.25) is 5.28 Å². The number of alkyl halides is 3. The molecule has 0 saturated heterocycles. The van der Waals surface area contributed by atoms with Crippen LogP contribution in [0, 0.1) is 0 Å². The van der Waals surface area contributed by atoms with Crippen molar-refractivity contribution < 1.29 is 13.2 Å². The summed E-state index contributed by atoms with van der Waals surface area (Å²) in [5, 5.41) is 5.30. The highest BCUT2D eigenvalue weighted by molar-refractivity contribution is 7.17. The number of halogens is 4. The van der Waals surface area contributed by atoms with E-state index < -0.39 is 17.2 Å². The van der Waals surface area contributed by atoms with Crippen molar-refractivity contribution in [2.24, 2.45) is 0 Å². The second-order valence-corrected chi connectivity index (χ2v) is 5.49. The monoisotopic (exact) mass is 329 g/mol. The van der Waals surface area contributed by atoms with Crippen molar-refractivity contribution in [2.45, 2.75) is 6.18 Å². The topological polar surface area (TPSA) is 37.8 Å². The van der Waals surface area contributed by atoms with Gasteiger partial charge in [-0.2, -0.15) is 13.2 Å². The van der Waals surface area contributed by atoms with Crippen LogP contribution in [0.1, 0.15) is 5.69 Å². The Bertz CT molecular complexity index is 801. The molecule has 0 radical (unpaired) electrons. The minimum atomic E-state index is -4.57. The van der Waals surface area contributed by atoms with Gasteiger partial charge in [-0.1, -0.05) is 0 Å². The van der Waals surface area contributed by atoms with Crippen molar-refractivity contribution in [2.75, 3.05) is 5.32 Å². The van der Waals surface area contributed by atoms with Gasteiger partial charge < -0.3 is 5.32 Å². The maximum atomic E-state index is 12.7. The second kappa shape index (κ2) is 5.16. The van der Waals surface area contributed by atoms with Gasteiger partial charge in [0.25, 0.3) is 0 Å². The van der Waals surface area contributed by atoms with Crippen molar-refractivity contribution >= 4 is 44.5 Å². The quantitative estimate of drug-likeness (QED) is 0.664. The summed E-state index contributed by atoms with van der Waals surface area (Å²) in [6, 6.07) is 8.23. The van der Waals surface area contributed by atoms with E-state index in [1.807, 2.05) is 23.6 Å². The number of aromatic nitrogens is 2. The fraction of sp³-hybridized carbons (Fsp3) is 0.0769. The highest BCUT2D eigenvalue weighted by Gasteiger charge is 2.33. The first kappa shape index (κ1) is 14.1. The molecule has 0 bridgehead atoms. The number of hydrogen-bond acceptors (Lipinski definition) is 4. The number of benzene rings is 1. The molecule has 0 aliphatic rings. The lowest BCUT2D eigenvalue weighted by molar-refractivity contribution is -0.141. The summed E-state index contributed by atoms with van der Waals surface area (Å²) < 4.78 is 39.1. The molecule has 0 spiro atoms. The van der Waals surface area contributed by atoms with E-state index in [0.717, 1.165) is 16.2 Å². The lowest BCUT2D eigenvalue weighted by Gasteiger charge is -2.10. The number of nitrogens with zero attached hydrogens (tertiary/aromatic N) is 2. The van der Waals surface area contributed by atoms with E-state index in [2.05, 4.69) is 15.3 Å². The van der Waals surface area contributed by atoms with E-state index in [9.17, 15) is 13.2 Å². The lowest BCUT2D eigenvalue weighted by atomic mass is 10.2. The van der Waals surface area contributed by atoms with E-state index in [0.29, 0.717) is 5.69 Å². The number of thiophene rings is 1. The Morgan fingerprint density at radius 3 is 2.67 bits per heavy atom. The highest BCUT2D eigenvalue weighted by atomic mass is 35.5. The van der Waals surface area contributed by atoms with E-state index in [-0.39, 0.29) is 5.82 Å². The summed E-state index contributed by atoms with van der Waals surface area (Å²) in [6.07, 6.45) is -4.57. The molecule has 0 atom stereocenters. The maximum Gasteiger partial charge on any atom is 0.433 e. The molecule has 0 aliphatic carbocycles. The fourth-order valence-electron chi connectivity index (χ4n) is 1.82. The van der Waals surface area contributed by atoms with E-state index >= 15 is 0 Å². The molecule has 3 nitrogen and oxygen atoms in total.